The first-order valence-electron chi connectivity index (χ1n) is 19.2. The molecule has 1 aliphatic heterocycles. The average Bonchev–Trinajstić information content (AvgIpc) is 3.95. The predicted octanol–water partition coefficient (Wildman–Crippen LogP) is 12.7. The number of nitrogens with one attached hydrogen (secondary N) is 1. The van der Waals surface area contributed by atoms with Crippen LogP contribution in [0, 0.1) is 0 Å². The van der Waals surface area contributed by atoms with Gasteiger partial charge in [0.05, 0.1) is 11.0 Å². The smallest absolute Gasteiger partial charge is 0.159 e. The van der Waals surface area contributed by atoms with Crippen LogP contribution in [0.2, 0.25) is 0 Å². The maximum absolute atomic E-state index is 6.46. The summed E-state index contributed by atoms with van der Waals surface area (Å²) >= 11 is 0. The Morgan fingerprint density at radius 3 is 1.93 bits per heavy atom. The van der Waals surface area contributed by atoms with Crippen molar-refractivity contribution >= 4 is 77.4 Å². The number of para-hydroxylation sites is 2. The van der Waals surface area contributed by atoms with Gasteiger partial charge in [0.15, 0.2) is 5.84 Å². The minimum absolute atomic E-state index is 0.334. The molecule has 1 N–H and O–H groups in total. The Hall–Kier alpha value is -7.70. The molecule has 6 heteroatoms. The lowest BCUT2D eigenvalue weighted by molar-refractivity contribution is 0.667. The van der Waals surface area contributed by atoms with Gasteiger partial charge in [-0.15, -0.1) is 0 Å². The molecule has 0 fully saturated rings. The van der Waals surface area contributed by atoms with Gasteiger partial charge in [-0.1, -0.05) is 115 Å². The van der Waals surface area contributed by atoms with Gasteiger partial charge in [0, 0.05) is 49.1 Å². The van der Waals surface area contributed by atoms with Crippen molar-refractivity contribution in [2.75, 3.05) is 0 Å². The zero-order valence-corrected chi connectivity index (χ0v) is 30.6. The molecule has 12 rings (SSSR count). The quantitative estimate of drug-likeness (QED) is 0.192. The lowest BCUT2D eigenvalue weighted by atomic mass is 10.0. The van der Waals surface area contributed by atoms with Gasteiger partial charge in [-0.25, -0.2) is 9.98 Å². The summed E-state index contributed by atoms with van der Waals surface area (Å²) in [6.07, 6.45) is -0.334. The van der Waals surface area contributed by atoms with E-state index in [4.69, 9.17) is 18.8 Å². The number of benzene rings is 8. The van der Waals surface area contributed by atoms with Crippen molar-refractivity contribution in [3.05, 3.63) is 199 Å². The molecule has 4 heterocycles. The number of rotatable bonds is 5. The maximum atomic E-state index is 6.46. The third-order valence-electron chi connectivity index (χ3n) is 11.3. The van der Waals surface area contributed by atoms with Gasteiger partial charge in [0.2, 0.25) is 0 Å². The van der Waals surface area contributed by atoms with Crippen LogP contribution in [0.1, 0.15) is 22.9 Å². The van der Waals surface area contributed by atoms with Crippen molar-refractivity contribution in [3.63, 3.8) is 0 Å². The summed E-state index contributed by atoms with van der Waals surface area (Å²) in [5.74, 6) is 1.38. The van der Waals surface area contributed by atoms with Crippen LogP contribution in [0.15, 0.2) is 201 Å². The Kier molecular flexibility index (Phi) is 6.89. The van der Waals surface area contributed by atoms with Crippen LogP contribution in [-0.4, -0.2) is 16.2 Å². The van der Waals surface area contributed by atoms with Crippen LogP contribution in [0.5, 0.6) is 0 Å². The summed E-state index contributed by atoms with van der Waals surface area (Å²) in [7, 11) is 0. The van der Waals surface area contributed by atoms with Crippen LogP contribution in [0.25, 0.3) is 82.5 Å². The second-order valence-corrected chi connectivity index (χ2v) is 14.6. The fourth-order valence-electron chi connectivity index (χ4n) is 8.51. The first-order valence-corrected chi connectivity index (χ1v) is 19.2. The molecule has 8 aromatic carbocycles. The highest BCUT2D eigenvalue weighted by Gasteiger charge is 2.23. The SMILES string of the molecule is c1ccc(-c2ccc3c4ccccc4n(-c4ccc5oc6ccc(C7=NC(c8ccc9c(c8)oc8ccccc89)=NC(c8ccccc8)N7)cc6c5c4)c3c2)cc1. The molecule has 1 unspecified atom stereocenters. The summed E-state index contributed by atoms with van der Waals surface area (Å²) in [6, 6.07) is 63.5. The van der Waals surface area contributed by atoms with Crippen molar-refractivity contribution in [2.45, 2.75) is 6.17 Å². The summed E-state index contributed by atoms with van der Waals surface area (Å²) in [4.78, 5) is 10.3. The Morgan fingerprint density at radius 2 is 1.05 bits per heavy atom. The molecule has 11 aromatic rings. The number of aliphatic imine (C=N–C) groups is 2. The highest BCUT2D eigenvalue weighted by atomic mass is 16.3. The van der Waals surface area contributed by atoms with Gasteiger partial charge in [0.1, 0.15) is 34.3 Å². The molecular formula is C51H32N4O2. The van der Waals surface area contributed by atoms with E-state index in [1.165, 1.54) is 21.9 Å². The van der Waals surface area contributed by atoms with Gasteiger partial charge in [-0.3, -0.25) is 0 Å². The third kappa shape index (κ3) is 5.11. The van der Waals surface area contributed by atoms with E-state index in [-0.39, 0.29) is 6.17 Å². The summed E-state index contributed by atoms with van der Waals surface area (Å²) in [6.45, 7) is 0. The monoisotopic (exact) mass is 732 g/mol. The zero-order valence-electron chi connectivity index (χ0n) is 30.6. The molecular weight excluding hydrogens is 701 g/mol. The molecule has 0 amide bonds. The van der Waals surface area contributed by atoms with Crippen LogP contribution in [0.4, 0.5) is 0 Å². The molecule has 0 aliphatic carbocycles. The second kappa shape index (κ2) is 12.4. The predicted molar refractivity (Wildman–Crippen MR) is 233 cm³/mol. The Labute approximate surface area is 326 Å². The van der Waals surface area contributed by atoms with Gasteiger partial charge in [-0.05, 0) is 83.4 Å². The minimum Gasteiger partial charge on any atom is -0.456 e. The molecule has 0 saturated heterocycles. The van der Waals surface area contributed by atoms with E-state index < -0.39 is 0 Å². The summed E-state index contributed by atoms with van der Waals surface area (Å²) < 4.78 is 15.1. The van der Waals surface area contributed by atoms with Crippen LogP contribution in [-0.2, 0) is 0 Å². The van der Waals surface area contributed by atoms with Crippen LogP contribution in [0.3, 0.4) is 0 Å². The molecule has 0 radical (unpaired) electrons. The summed E-state index contributed by atoms with van der Waals surface area (Å²) in [5.41, 5.74) is 12.0. The molecule has 0 saturated carbocycles. The fourth-order valence-corrected chi connectivity index (χ4v) is 8.51. The van der Waals surface area contributed by atoms with Crippen molar-refractivity contribution in [1.82, 2.24) is 9.88 Å². The van der Waals surface area contributed by atoms with E-state index in [0.717, 1.165) is 83.1 Å². The molecule has 6 nitrogen and oxygen atoms in total. The normalized spacial score (nSPS) is 14.5. The topological polar surface area (TPSA) is 68.0 Å². The zero-order chi connectivity index (χ0) is 37.5. The summed E-state index contributed by atoms with van der Waals surface area (Å²) in [5, 5.41) is 10.3. The number of fused-ring (bicyclic) bond motifs is 9. The Balaban J connectivity index is 0.999. The Morgan fingerprint density at radius 1 is 0.421 bits per heavy atom. The lowest BCUT2D eigenvalue weighted by Gasteiger charge is -2.23. The number of aromatic nitrogens is 1. The molecule has 0 spiro atoms. The highest BCUT2D eigenvalue weighted by molar-refractivity contribution is 6.17. The number of hydrogen-bond acceptors (Lipinski definition) is 5. The average molecular weight is 733 g/mol. The largest absolute Gasteiger partial charge is 0.456 e. The highest BCUT2D eigenvalue weighted by Crippen LogP contribution is 2.38. The lowest BCUT2D eigenvalue weighted by Crippen LogP contribution is -2.33. The first-order chi connectivity index (χ1) is 28.2. The maximum Gasteiger partial charge on any atom is 0.159 e. The van der Waals surface area contributed by atoms with Gasteiger partial charge in [-0.2, -0.15) is 0 Å². The molecule has 3 aromatic heterocycles. The second-order valence-electron chi connectivity index (χ2n) is 14.6. The number of amidine groups is 2. The molecule has 0 bridgehead atoms. The fraction of sp³-hybridized carbons (Fsp3) is 0.0196. The Bertz CT molecular complexity index is 3440. The molecule has 1 aliphatic rings. The van der Waals surface area contributed by atoms with E-state index in [2.05, 4.69) is 149 Å². The van der Waals surface area contributed by atoms with Crippen LogP contribution >= 0.6 is 0 Å². The third-order valence-corrected chi connectivity index (χ3v) is 11.3. The van der Waals surface area contributed by atoms with Crippen molar-refractivity contribution in [1.29, 1.82) is 0 Å². The molecule has 268 valence electrons. The van der Waals surface area contributed by atoms with Gasteiger partial charge < -0.3 is 18.7 Å². The molecule has 1 atom stereocenters. The number of hydrogen-bond donors (Lipinski definition) is 1. The number of furan rings is 2. The first kappa shape index (κ1) is 31.6. The van der Waals surface area contributed by atoms with Gasteiger partial charge in [0.25, 0.3) is 0 Å². The van der Waals surface area contributed by atoms with E-state index >= 15 is 0 Å². The van der Waals surface area contributed by atoms with E-state index in [1.807, 2.05) is 42.5 Å². The van der Waals surface area contributed by atoms with E-state index in [9.17, 15) is 0 Å². The molecule has 57 heavy (non-hydrogen) atoms. The van der Waals surface area contributed by atoms with E-state index in [1.54, 1.807) is 0 Å². The van der Waals surface area contributed by atoms with E-state index in [0.29, 0.717) is 5.84 Å². The van der Waals surface area contributed by atoms with Crippen LogP contribution < -0.4 is 5.32 Å². The van der Waals surface area contributed by atoms with Crippen molar-refractivity contribution in [2.24, 2.45) is 9.98 Å². The van der Waals surface area contributed by atoms with Crippen molar-refractivity contribution in [3.8, 4) is 16.8 Å². The van der Waals surface area contributed by atoms with Crippen molar-refractivity contribution < 1.29 is 8.83 Å². The number of nitrogens with zero attached hydrogens (tertiary/aromatic N) is 3. The minimum atomic E-state index is -0.334. The van der Waals surface area contributed by atoms with Gasteiger partial charge >= 0.3 is 0 Å². The standard InChI is InChI=1S/C51H32N4O2/c1-3-11-31(12-4-1)33-19-23-38-37-15-7-9-17-43(37)55(44(38)28-33)36-22-26-47-42(30-36)41-27-34(21-25-46(41)56-47)50-52-49(32-13-5-2-6-14-32)53-51(54-50)35-20-24-40-39-16-8-10-18-45(39)57-48(40)29-35/h1-30,49H,(H,52,53,54).